The zero-order valence-corrected chi connectivity index (χ0v) is 24.1. The Morgan fingerprint density at radius 3 is 1.35 bits per heavy atom. The number of allylic oxidation sites excluding steroid dienone is 1. The van der Waals surface area contributed by atoms with Crippen LogP contribution in [0.4, 0.5) is 39.5 Å². The summed E-state index contributed by atoms with van der Waals surface area (Å²) in [7, 11) is 0. The van der Waals surface area contributed by atoms with Crippen molar-refractivity contribution in [3.8, 4) is 0 Å². The molecule has 0 saturated carbocycles. The van der Waals surface area contributed by atoms with Gasteiger partial charge in [0.15, 0.2) is 5.60 Å². The topological polar surface area (TPSA) is 58.9 Å². The van der Waals surface area contributed by atoms with Gasteiger partial charge < -0.3 is 19.7 Å². The van der Waals surface area contributed by atoms with Crippen molar-refractivity contribution >= 4 is 5.57 Å². The molecule has 0 amide bonds. The number of hydrogen-bond acceptors (Lipinski definition) is 4. The first kappa shape index (κ1) is 36.2. The Labute approximate surface area is 228 Å². The van der Waals surface area contributed by atoms with E-state index in [1.54, 1.807) is 6.92 Å². The van der Waals surface area contributed by atoms with E-state index in [0.717, 1.165) is 27.7 Å². The third-order valence-corrected chi connectivity index (χ3v) is 7.25. The fourth-order valence-corrected chi connectivity index (χ4v) is 4.58. The largest absolute Gasteiger partial charge is 0.429 e. The Morgan fingerprint density at radius 1 is 0.625 bits per heavy atom. The number of benzene rings is 1. The first-order chi connectivity index (χ1) is 17.2. The second-order valence-corrected chi connectivity index (χ2v) is 12.1. The standard InChI is InChI=1S/C27H37F9O4/c1-15(2)16-12-13-17(19(3,4)39-21(7,8)23(11,37)25(28,29)30)18(14-16)20(5,6)40-22(9,10)24(38,26(31,32)33)27(34,35)36/h12-14,37-38H,1H2,2-11H3. The predicted octanol–water partition coefficient (Wildman–Crippen LogP) is 7.95. The number of halogens is 9. The SMILES string of the molecule is C=C(C)c1ccc(C(C)(C)OC(C)(C)C(C)(O)C(F)(F)F)c(C(C)(C)OC(C)(C)C(O)(C(F)(F)F)C(F)(F)F)c1. The van der Waals surface area contributed by atoms with Crippen LogP contribution < -0.4 is 0 Å². The van der Waals surface area contributed by atoms with Gasteiger partial charge in [-0.3, -0.25) is 0 Å². The lowest BCUT2D eigenvalue weighted by molar-refractivity contribution is -0.420. The first-order valence-electron chi connectivity index (χ1n) is 12.1. The molecule has 0 aliphatic heterocycles. The van der Waals surface area contributed by atoms with Crippen molar-refractivity contribution in [1.82, 2.24) is 0 Å². The van der Waals surface area contributed by atoms with E-state index < -0.39 is 52.1 Å². The smallest absolute Gasteiger partial charge is 0.378 e. The van der Waals surface area contributed by atoms with Gasteiger partial charge in [-0.15, -0.1) is 0 Å². The van der Waals surface area contributed by atoms with Gasteiger partial charge in [0.2, 0.25) is 0 Å². The molecule has 1 atom stereocenters. The molecule has 4 nitrogen and oxygen atoms in total. The minimum atomic E-state index is -6.19. The highest BCUT2D eigenvalue weighted by Gasteiger charge is 2.78. The van der Waals surface area contributed by atoms with Crippen LogP contribution in [0.1, 0.15) is 85.9 Å². The summed E-state index contributed by atoms with van der Waals surface area (Å²) in [6, 6.07) is 4.22. The molecule has 0 spiro atoms. The summed E-state index contributed by atoms with van der Waals surface area (Å²) in [5, 5.41) is 20.4. The average molecular weight is 597 g/mol. The van der Waals surface area contributed by atoms with Crippen molar-refractivity contribution in [2.45, 2.75) is 121 Å². The maximum atomic E-state index is 13.7. The van der Waals surface area contributed by atoms with Gasteiger partial charge in [0, 0.05) is 0 Å². The number of alkyl halides is 9. The average Bonchev–Trinajstić information content (AvgIpc) is 2.68. The van der Waals surface area contributed by atoms with E-state index in [0.29, 0.717) is 31.9 Å². The summed E-state index contributed by atoms with van der Waals surface area (Å²) >= 11 is 0. The van der Waals surface area contributed by atoms with E-state index in [1.165, 1.54) is 32.0 Å². The molecule has 13 heteroatoms. The Hall–Kier alpha value is -1.83. The summed E-state index contributed by atoms with van der Waals surface area (Å²) in [6.45, 7) is 13.6. The summed E-state index contributed by atoms with van der Waals surface area (Å²) in [6.07, 6.45) is -17.5. The molecule has 1 aromatic rings. The molecule has 2 N–H and O–H groups in total. The fourth-order valence-electron chi connectivity index (χ4n) is 4.58. The molecule has 0 fully saturated rings. The van der Waals surface area contributed by atoms with Crippen molar-refractivity contribution in [2.75, 3.05) is 0 Å². The first-order valence-corrected chi connectivity index (χ1v) is 12.1. The van der Waals surface area contributed by atoms with Crippen molar-refractivity contribution in [2.24, 2.45) is 0 Å². The third-order valence-electron chi connectivity index (χ3n) is 7.25. The molecule has 0 radical (unpaired) electrons. The number of ether oxygens (including phenoxy) is 2. The lowest BCUT2D eigenvalue weighted by atomic mass is 9.79. The molecule has 1 unspecified atom stereocenters. The van der Waals surface area contributed by atoms with Crippen LogP contribution in [-0.2, 0) is 20.7 Å². The van der Waals surface area contributed by atoms with Gasteiger partial charge in [-0.25, -0.2) is 0 Å². The van der Waals surface area contributed by atoms with Gasteiger partial charge in [-0.2, -0.15) is 39.5 Å². The normalized spacial score (nSPS) is 16.6. The number of hydrogen-bond donors (Lipinski definition) is 2. The zero-order chi connectivity index (χ0) is 32.3. The molecule has 232 valence electrons. The lowest BCUT2D eigenvalue weighted by Crippen LogP contribution is -2.70. The van der Waals surface area contributed by atoms with Crippen LogP contribution in [0.3, 0.4) is 0 Å². The molecule has 0 aliphatic rings. The molecule has 1 rings (SSSR count). The molecule has 0 saturated heterocycles. The summed E-state index contributed by atoms with van der Waals surface area (Å²) < 4.78 is 134. The van der Waals surface area contributed by atoms with E-state index in [4.69, 9.17) is 9.47 Å². The molecule has 40 heavy (non-hydrogen) atoms. The Kier molecular flexibility index (Phi) is 9.20. The molecular weight excluding hydrogens is 559 g/mol. The Balaban J connectivity index is 3.88. The molecule has 0 aromatic heterocycles. The van der Waals surface area contributed by atoms with Crippen molar-refractivity contribution in [3.05, 3.63) is 41.5 Å². The van der Waals surface area contributed by atoms with Crippen LogP contribution in [0.2, 0.25) is 0 Å². The van der Waals surface area contributed by atoms with E-state index in [1.807, 2.05) is 0 Å². The molecule has 1 aromatic carbocycles. The van der Waals surface area contributed by atoms with E-state index in [2.05, 4.69) is 6.58 Å². The molecule has 0 heterocycles. The highest BCUT2D eigenvalue weighted by atomic mass is 19.4. The number of aliphatic hydroxyl groups is 2. The van der Waals surface area contributed by atoms with E-state index in [-0.39, 0.29) is 11.1 Å². The molecule has 0 aliphatic carbocycles. The van der Waals surface area contributed by atoms with Crippen LogP contribution in [0.25, 0.3) is 5.57 Å². The summed E-state index contributed by atoms with van der Waals surface area (Å²) in [5.74, 6) is 0. The second kappa shape index (κ2) is 10.2. The Morgan fingerprint density at radius 2 is 1.00 bits per heavy atom. The summed E-state index contributed by atoms with van der Waals surface area (Å²) in [5.41, 5.74) is -17.2. The Bertz CT molecular complexity index is 1080. The van der Waals surface area contributed by atoms with Crippen molar-refractivity contribution in [3.63, 3.8) is 0 Å². The second-order valence-electron chi connectivity index (χ2n) is 12.1. The fraction of sp³-hybridized carbons (Fsp3) is 0.704. The van der Waals surface area contributed by atoms with E-state index >= 15 is 0 Å². The van der Waals surface area contributed by atoms with Crippen LogP contribution in [0.15, 0.2) is 24.8 Å². The minimum Gasteiger partial charge on any atom is -0.378 e. The number of rotatable bonds is 9. The maximum Gasteiger partial charge on any atom is 0.429 e. The monoisotopic (exact) mass is 596 g/mol. The third kappa shape index (κ3) is 6.32. The summed E-state index contributed by atoms with van der Waals surface area (Å²) in [4.78, 5) is 0. The molecule has 0 bridgehead atoms. The quantitative estimate of drug-likeness (QED) is 0.284. The van der Waals surface area contributed by atoms with Gasteiger partial charge in [-0.1, -0.05) is 24.3 Å². The highest BCUT2D eigenvalue weighted by molar-refractivity contribution is 5.63. The van der Waals surface area contributed by atoms with Gasteiger partial charge in [-0.05, 0) is 92.0 Å². The highest BCUT2D eigenvalue weighted by Crippen LogP contribution is 2.53. The van der Waals surface area contributed by atoms with Crippen LogP contribution >= 0.6 is 0 Å². The van der Waals surface area contributed by atoms with Gasteiger partial charge >= 0.3 is 18.5 Å². The minimum absolute atomic E-state index is 0.0342. The van der Waals surface area contributed by atoms with Gasteiger partial charge in [0.25, 0.3) is 5.60 Å². The predicted molar refractivity (Wildman–Crippen MR) is 131 cm³/mol. The van der Waals surface area contributed by atoms with Crippen LogP contribution in [0.5, 0.6) is 0 Å². The molecular formula is C27H37F9O4. The zero-order valence-electron chi connectivity index (χ0n) is 24.1. The van der Waals surface area contributed by atoms with Gasteiger partial charge in [0.05, 0.1) is 11.2 Å². The lowest BCUT2D eigenvalue weighted by Gasteiger charge is -2.49. The van der Waals surface area contributed by atoms with Crippen LogP contribution in [0, 0.1) is 0 Å². The maximum absolute atomic E-state index is 13.7. The van der Waals surface area contributed by atoms with Crippen LogP contribution in [-0.4, -0.2) is 51.1 Å². The van der Waals surface area contributed by atoms with Crippen molar-refractivity contribution < 1.29 is 59.2 Å². The van der Waals surface area contributed by atoms with Crippen molar-refractivity contribution in [1.29, 1.82) is 0 Å². The van der Waals surface area contributed by atoms with Gasteiger partial charge in [0.1, 0.15) is 11.2 Å². The van der Waals surface area contributed by atoms with E-state index in [9.17, 15) is 49.7 Å².